The number of rotatable bonds is 49. The number of unbranched alkanes of at least 4 members (excludes halogenated alkanes) is 25. The van der Waals surface area contributed by atoms with Crippen molar-refractivity contribution in [2.75, 3.05) is 52.8 Å². The predicted molar refractivity (Wildman–Crippen MR) is 268 cm³/mol. The smallest absolute Gasteiger partial charge is 0.305 e. The van der Waals surface area contributed by atoms with Crippen molar-refractivity contribution in [3.8, 4) is 0 Å². The number of nitrogens with zero attached hydrogens (tertiary/aromatic N) is 1. The summed E-state index contributed by atoms with van der Waals surface area (Å²) in [4.78, 5) is 14.8. The highest BCUT2D eigenvalue weighted by atomic mass is 16.7. The Kier molecular flexibility index (Phi) is 49.6. The fourth-order valence-corrected chi connectivity index (χ4v) is 7.80. The highest BCUT2D eigenvalue weighted by Crippen LogP contribution is 2.18. The van der Waals surface area contributed by atoms with E-state index in [0.717, 1.165) is 64.0 Å². The molecule has 0 aliphatic heterocycles. The standard InChI is InChI=1S/C53H107N3O5.H3N/c1-7-10-13-16-20-29-36-46-59-52(57)40-32-25-22-27-34-43-56(44-37-41-55-47-50(54)48-61-53(4,5)6)42-33-26-19-21-28-35-45-58-49-60-51(38-30-23-17-14-11-8-2)39-31-24-18-15-12-9-3;/h47,51,55H,7-46,48-49,54H2,1-6H3;1H3/b50-47-;. The molecule has 0 aromatic heterocycles. The molecule has 0 amide bonds. The summed E-state index contributed by atoms with van der Waals surface area (Å²) in [6, 6.07) is 0. The number of hydrogen-bond acceptors (Lipinski definition) is 9. The molecule has 0 aliphatic rings. The number of esters is 1. The highest BCUT2D eigenvalue weighted by Gasteiger charge is 2.11. The third-order valence-electron chi connectivity index (χ3n) is 11.8. The molecule has 0 spiro atoms. The number of nitrogens with one attached hydrogen (secondary N) is 1. The number of nitrogens with two attached hydrogens (primary N) is 1. The van der Waals surface area contributed by atoms with Crippen LogP contribution in [0.15, 0.2) is 11.9 Å². The Morgan fingerprint density at radius 1 is 0.581 bits per heavy atom. The van der Waals surface area contributed by atoms with E-state index in [1.54, 1.807) is 0 Å². The Morgan fingerprint density at radius 3 is 1.53 bits per heavy atom. The van der Waals surface area contributed by atoms with Crippen LogP contribution in [-0.4, -0.2) is 75.4 Å². The number of carbonyl (C=O) groups is 1. The van der Waals surface area contributed by atoms with Gasteiger partial charge in [-0.3, -0.25) is 4.79 Å². The average molecular weight is 883 g/mol. The summed E-state index contributed by atoms with van der Waals surface area (Å²) in [5.74, 6) is -0.0107. The first kappa shape index (κ1) is 62.7. The second-order valence-corrected chi connectivity index (χ2v) is 19.2. The Balaban J connectivity index is 0. The van der Waals surface area contributed by atoms with Gasteiger partial charge >= 0.3 is 5.97 Å². The Morgan fingerprint density at radius 2 is 1.02 bits per heavy atom. The number of ether oxygens (including phenoxy) is 4. The zero-order valence-corrected chi connectivity index (χ0v) is 42.6. The summed E-state index contributed by atoms with van der Waals surface area (Å²) in [6.07, 6.45) is 44.4. The van der Waals surface area contributed by atoms with Gasteiger partial charge in [-0.2, -0.15) is 0 Å². The second kappa shape index (κ2) is 49.1. The van der Waals surface area contributed by atoms with Crippen molar-refractivity contribution >= 4 is 5.97 Å². The maximum Gasteiger partial charge on any atom is 0.305 e. The minimum atomic E-state index is -0.190. The van der Waals surface area contributed by atoms with Gasteiger partial charge in [-0.05, 0) is 91.8 Å². The molecule has 0 rings (SSSR count). The number of hydrogen-bond donors (Lipinski definition) is 3. The minimum absolute atomic E-state index is 0. The maximum absolute atomic E-state index is 12.2. The van der Waals surface area contributed by atoms with E-state index in [-0.39, 0.29) is 17.7 Å². The molecule has 0 unspecified atom stereocenters. The van der Waals surface area contributed by atoms with Crippen molar-refractivity contribution in [3.63, 3.8) is 0 Å². The van der Waals surface area contributed by atoms with Gasteiger partial charge in [0.05, 0.1) is 30.6 Å². The second-order valence-electron chi connectivity index (χ2n) is 19.2. The molecule has 9 nitrogen and oxygen atoms in total. The molecule has 372 valence electrons. The van der Waals surface area contributed by atoms with E-state index < -0.39 is 0 Å². The first-order valence-electron chi connectivity index (χ1n) is 26.6. The van der Waals surface area contributed by atoms with Crippen molar-refractivity contribution in [2.45, 2.75) is 272 Å². The molecule has 6 N–H and O–H groups in total. The normalized spacial score (nSPS) is 12.1. The summed E-state index contributed by atoms with van der Waals surface area (Å²) in [5.41, 5.74) is 6.69. The van der Waals surface area contributed by atoms with Crippen molar-refractivity contribution in [1.82, 2.24) is 16.4 Å². The Bertz CT molecular complexity index is 914. The zero-order chi connectivity index (χ0) is 44.8. The van der Waals surface area contributed by atoms with Gasteiger partial charge in [-0.25, -0.2) is 0 Å². The molecular weight excluding hydrogens is 773 g/mol. The van der Waals surface area contributed by atoms with E-state index in [4.69, 9.17) is 24.7 Å². The molecule has 0 heterocycles. The van der Waals surface area contributed by atoms with Gasteiger partial charge in [0, 0.05) is 25.8 Å². The van der Waals surface area contributed by atoms with Gasteiger partial charge < -0.3 is 41.0 Å². The topological polar surface area (TPSA) is 130 Å². The molecule has 0 aromatic rings. The van der Waals surface area contributed by atoms with E-state index in [0.29, 0.717) is 32.5 Å². The van der Waals surface area contributed by atoms with Crippen LogP contribution in [0.3, 0.4) is 0 Å². The average Bonchev–Trinajstić information content (AvgIpc) is 3.23. The molecule has 0 fully saturated rings. The van der Waals surface area contributed by atoms with E-state index >= 15 is 0 Å². The van der Waals surface area contributed by atoms with Crippen molar-refractivity contribution in [3.05, 3.63) is 11.9 Å². The van der Waals surface area contributed by atoms with Gasteiger partial charge in [-0.15, -0.1) is 0 Å². The van der Waals surface area contributed by atoms with Crippen LogP contribution < -0.4 is 17.2 Å². The van der Waals surface area contributed by atoms with Crippen LogP contribution in [0, 0.1) is 0 Å². The van der Waals surface area contributed by atoms with Crippen LogP contribution in [0.1, 0.15) is 260 Å². The van der Waals surface area contributed by atoms with Gasteiger partial charge in [0.1, 0.15) is 6.79 Å². The lowest BCUT2D eigenvalue weighted by molar-refractivity contribution is -0.143. The predicted octanol–water partition coefficient (Wildman–Crippen LogP) is 14.9. The zero-order valence-electron chi connectivity index (χ0n) is 42.6. The van der Waals surface area contributed by atoms with Crippen LogP contribution in [0.25, 0.3) is 0 Å². The SMILES string of the molecule is CCCCCCCCCOC(=O)CCCCCCCN(CCCCCCCCOCOC(CCCCCCCC)CCCCCCCC)CCCN/C=C(\N)COC(C)(C)C.N. The first-order chi connectivity index (χ1) is 29.7. The number of carbonyl (C=O) groups excluding carboxylic acids is 1. The summed E-state index contributed by atoms with van der Waals surface area (Å²) in [6.45, 7) is 19.6. The lowest BCUT2D eigenvalue weighted by Crippen LogP contribution is -2.29. The lowest BCUT2D eigenvalue weighted by Gasteiger charge is -2.22. The van der Waals surface area contributed by atoms with Crippen LogP contribution in [0.2, 0.25) is 0 Å². The molecule has 0 aromatic carbocycles. The molecule has 0 aliphatic carbocycles. The molecule has 9 heteroatoms. The van der Waals surface area contributed by atoms with Crippen LogP contribution in [0.4, 0.5) is 0 Å². The van der Waals surface area contributed by atoms with E-state index in [9.17, 15) is 4.79 Å². The van der Waals surface area contributed by atoms with E-state index in [1.807, 2.05) is 27.0 Å². The Hall–Kier alpha value is -1.39. The molecule has 0 atom stereocenters. The van der Waals surface area contributed by atoms with Crippen LogP contribution in [-0.2, 0) is 23.7 Å². The highest BCUT2D eigenvalue weighted by molar-refractivity contribution is 5.69. The fraction of sp³-hybridized carbons (Fsp3) is 0.943. The molecule has 0 radical (unpaired) electrons. The summed E-state index contributed by atoms with van der Waals surface area (Å²) in [5, 5.41) is 3.40. The summed E-state index contributed by atoms with van der Waals surface area (Å²) in [7, 11) is 0. The fourth-order valence-electron chi connectivity index (χ4n) is 7.80. The molecule has 62 heavy (non-hydrogen) atoms. The summed E-state index contributed by atoms with van der Waals surface area (Å²) < 4.78 is 23.5. The quantitative estimate of drug-likeness (QED) is 0.0310. The van der Waals surface area contributed by atoms with Gasteiger partial charge in [0.2, 0.25) is 0 Å². The van der Waals surface area contributed by atoms with Crippen molar-refractivity contribution in [2.24, 2.45) is 5.73 Å². The van der Waals surface area contributed by atoms with Crippen molar-refractivity contribution < 1.29 is 23.7 Å². The first-order valence-corrected chi connectivity index (χ1v) is 26.6. The summed E-state index contributed by atoms with van der Waals surface area (Å²) >= 11 is 0. The third-order valence-corrected chi connectivity index (χ3v) is 11.8. The van der Waals surface area contributed by atoms with Crippen LogP contribution >= 0.6 is 0 Å². The van der Waals surface area contributed by atoms with Crippen LogP contribution in [0.5, 0.6) is 0 Å². The molecule has 0 saturated heterocycles. The molecule has 0 bridgehead atoms. The van der Waals surface area contributed by atoms with Crippen molar-refractivity contribution in [1.29, 1.82) is 0 Å². The maximum atomic E-state index is 12.2. The van der Waals surface area contributed by atoms with Gasteiger partial charge in [0.25, 0.3) is 0 Å². The lowest BCUT2D eigenvalue weighted by atomic mass is 10.0. The third kappa shape index (κ3) is 49.6. The monoisotopic (exact) mass is 883 g/mol. The van der Waals surface area contributed by atoms with Gasteiger partial charge in [-0.1, -0.05) is 181 Å². The molecular formula is C53H110N4O5. The van der Waals surface area contributed by atoms with E-state index in [2.05, 4.69) is 31.0 Å². The molecule has 0 saturated carbocycles. The minimum Gasteiger partial charge on any atom is -0.466 e. The Labute approximate surface area is 386 Å². The largest absolute Gasteiger partial charge is 0.466 e. The van der Waals surface area contributed by atoms with Gasteiger partial charge in [0.15, 0.2) is 0 Å². The van der Waals surface area contributed by atoms with E-state index in [1.165, 1.54) is 186 Å².